The molecule has 3 aromatic rings. The third kappa shape index (κ3) is 4.97. The standard InChI is InChI=1S/C22H23F3N6O3/c1-28-7-9-30(10-8-28)15-3-4-16(23)18(12-15)31(34-21(24)25)22-26-6-5-17(27-22)19-11-14(20(32)33)13-29(19)2/h3-6,11-13,21H,7-10H2,1-2H3,(H,32,33). The van der Waals surface area contributed by atoms with Crippen LogP contribution < -0.4 is 9.96 Å². The number of hydrogen-bond acceptors (Lipinski definition) is 7. The summed E-state index contributed by atoms with van der Waals surface area (Å²) in [5.74, 6) is -2.24. The first-order valence-corrected chi connectivity index (χ1v) is 10.4. The lowest BCUT2D eigenvalue weighted by Crippen LogP contribution is -2.44. The number of alkyl halides is 2. The van der Waals surface area contributed by atoms with E-state index in [4.69, 9.17) is 0 Å². The molecule has 1 N–H and O–H groups in total. The van der Waals surface area contributed by atoms with E-state index in [2.05, 4.69) is 19.7 Å². The molecule has 2 aromatic heterocycles. The fourth-order valence-electron chi connectivity index (χ4n) is 3.73. The zero-order valence-corrected chi connectivity index (χ0v) is 18.5. The molecular weight excluding hydrogens is 453 g/mol. The van der Waals surface area contributed by atoms with Gasteiger partial charge in [0.15, 0.2) is 0 Å². The van der Waals surface area contributed by atoms with Crippen molar-refractivity contribution in [1.82, 2.24) is 19.4 Å². The minimum absolute atomic E-state index is 0.0317. The van der Waals surface area contributed by atoms with Crippen molar-refractivity contribution >= 4 is 23.3 Å². The molecular formula is C22H23F3N6O3. The van der Waals surface area contributed by atoms with Gasteiger partial charge in [-0.2, -0.15) is 18.7 Å². The summed E-state index contributed by atoms with van der Waals surface area (Å²) < 4.78 is 43.1. The SMILES string of the molecule is CN1CCN(c2ccc(F)c(N(OC(F)F)c3nccc(-c4cc(C(=O)O)cn4C)n3)c2)CC1. The van der Waals surface area contributed by atoms with Crippen molar-refractivity contribution in [2.45, 2.75) is 6.61 Å². The molecule has 12 heteroatoms. The minimum atomic E-state index is -3.27. The molecule has 0 saturated carbocycles. The molecule has 0 bridgehead atoms. The van der Waals surface area contributed by atoms with Crippen LogP contribution in [0.15, 0.2) is 42.7 Å². The first kappa shape index (κ1) is 23.5. The number of likely N-dealkylation sites (N-methyl/N-ethyl adjacent to an activating group) is 1. The Kier molecular flexibility index (Phi) is 6.70. The van der Waals surface area contributed by atoms with Crippen LogP contribution in [0.4, 0.5) is 30.5 Å². The lowest BCUT2D eigenvalue weighted by atomic mass is 10.2. The quantitative estimate of drug-likeness (QED) is 0.520. The van der Waals surface area contributed by atoms with Gasteiger partial charge in [-0.25, -0.2) is 19.2 Å². The molecule has 1 fully saturated rings. The van der Waals surface area contributed by atoms with Crippen LogP contribution in [0.3, 0.4) is 0 Å². The second-order valence-electron chi connectivity index (χ2n) is 7.86. The monoisotopic (exact) mass is 476 g/mol. The predicted molar refractivity (Wildman–Crippen MR) is 119 cm³/mol. The first-order valence-electron chi connectivity index (χ1n) is 10.4. The highest BCUT2D eigenvalue weighted by atomic mass is 19.3. The molecule has 1 saturated heterocycles. The van der Waals surface area contributed by atoms with E-state index in [1.807, 2.05) is 11.9 Å². The van der Waals surface area contributed by atoms with Gasteiger partial charge < -0.3 is 19.5 Å². The van der Waals surface area contributed by atoms with Crippen LogP contribution >= 0.6 is 0 Å². The van der Waals surface area contributed by atoms with Gasteiger partial charge in [-0.1, -0.05) is 0 Å². The summed E-state index contributed by atoms with van der Waals surface area (Å²) in [6.07, 6.45) is 2.70. The average molecular weight is 476 g/mol. The van der Waals surface area contributed by atoms with E-state index in [-0.39, 0.29) is 22.9 Å². The van der Waals surface area contributed by atoms with Crippen LogP contribution in [-0.4, -0.2) is 70.3 Å². The van der Waals surface area contributed by atoms with Crippen LogP contribution in [0.1, 0.15) is 10.4 Å². The van der Waals surface area contributed by atoms with Gasteiger partial charge in [0.25, 0.3) is 5.95 Å². The zero-order valence-electron chi connectivity index (χ0n) is 18.5. The predicted octanol–water partition coefficient (Wildman–Crippen LogP) is 3.36. The Morgan fingerprint density at radius 1 is 1.15 bits per heavy atom. The second kappa shape index (κ2) is 9.69. The highest BCUT2D eigenvalue weighted by Crippen LogP contribution is 2.32. The molecule has 0 atom stereocenters. The Hall–Kier alpha value is -3.64. The molecule has 9 nitrogen and oxygen atoms in total. The number of carbonyl (C=O) groups is 1. The highest BCUT2D eigenvalue weighted by Gasteiger charge is 2.25. The topological polar surface area (TPSA) is 87.0 Å². The Morgan fingerprint density at radius 2 is 1.88 bits per heavy atom. The second-order valence-corrected chi connectivity index (χ2v) is 7.86. The number of carboxylic acids is 1. The molecule has 1 aliphatic rings. The number of aromatic carboxylic acids is 1. The number of benzene rings is 1. The van der Waals surface area contributed by atoms with Gasteiger partial charge >= 0.3 is 12.6 Å². The number of nitrogens with zero attached hydrogens (tertiary/aromatic N) is 6. The number of hydrogen-bond donors (Lipinski definition) is 1. The van der Waals surface area contributed by atoms with Crippen LogP contribution in [0, 0.1) is 5.82 Å². The van der Waals surface area contributed by atoms with Crippen LogP contribution in [0.25, 0.3) is 11.4 Å². The maximum atomic E-state index is 14.8. The van der Waals surface area contributed by atoms with Crippen molar-refractivity contribution in [3.05, 3.63) is 54.1 Å². The van der Waals surface area contributed by atoms with Gasteiger partial charge in [-0.3, -0.25) is 0 Å². The van der Waals surface area contributed by atoms with E-state index < -0.39 is 18.4 Å². The fourth-order valence-corrected chi connectivity index (χ4v) is 3.73. The third-order valence-electron chi connectivity index (χ3n) is 5.54. The molecule has 1 aromatic carbocycles. The maximum Gasteiger partial charge on any atom is 0.365 e. The normalized spacial score (nSPS) is 14.6. The van der Waals surface area contributed by atoms with Crippen molar-refractivity contribution in [3.63, 3.8) is 0 Å². The molecule has 4 rings (SSSR count). The molecule has 34 heavy (non-hydrogen) atoms. The molecule has 0 aliphatic carbocycles. The Balaban J connectivity index is 1.73. The Morgan fingerprint density at radius 3 is 2.53 bits per heavy atom. The summed E-state index contributed by atoms with van der Waals surface area (Å²) in [6.45, 7) is -0.257. The van der Waals surface area contributed by atoms with E-state index in [1.165, 1.54) is 41.2 Å². The first-order chi connectivity index (χ1) is 16.2. The summed E-state index contributed by atoms with van der Waals surface area (Å²) in [7, 11) is 3.62. The van der Waals surface area contributed by atoms with Crippen LogP contribution in [0.2, 0.25) is 0 Å². The minimum Gasteiger partial charge on any atom is -0.478 e. The number of carboxylic acid groups (broad SMARTS) is 1. The van der Waals surface area contributed by atoms with Crippen LogP contribution in [0.5, 0.6) is 0 Å². The van der Waals surface area contributed by atoms with Crippen molar-refractivity contribution in [2.75, 3.05) is 43.2 Å². The van der Waals surface area contributed by atoms with Gasteiger partial charge in [-0.05, 0) is 37.4 Å². The third-order valence-corrected chi connectivity index (χ3v) is 5.54. The number of rotatable bonds is 7. The fraction of sp³-hybridized carbons (Fsp3) is 0.318. The Labute approximate surface area is 193 Å². The largest absolute Gasteiger partial charge is 0.478 e. The lowest BCUT2D eigenvalue weighted by Gasteiger charge is -2.34. The molecule has 0 spiro atoms. The molecule has 0 radical (unpaired) electrons. The smallest absolute Gasteiger partial charge is 0.365 e. The number of aryl methyl sites for hydroxylation is 1. The number of piperazine rings is 1. The van der Waals surface area contributed by atoms with Crippen LogP contribution in [-0.2, 0) is 11.9 Å². The molecule has 0 amide bonds. The number of aromatic nitrogens is 3. The molecule has 3 heterocycles. The van der Waals surface area contributed by atoms with E-state index in [0.29, 0.717) is 29.5 Å². The number of anilines is 3. The lowest BCUT2D eigenvalue weighted by molar-refractivity contribution is -0.130. The maximum absolute atomic E-state index is 14.8. The summed E-state index contributed by atoms with van der Waals surface area (Å²) in [4.78, 5) is 28.4. The van der Waals surface area contributed by atoms with Gasteiger partial charge in [0.2, 0.25) is 0 Å². The van der Waals surface area contributed by atoms with Gasteiger partial charge in [0, 0.05) is 51.3 Å². The summed E-state index contributed by atoms with van der Waals surface area (Å²) in [5, 5.41) is 9.79. The van der Waals surface area contributed by atoms with Gasteiger partial charge in [0.1, 0.15) is 11.5 Å². The molecule has 1 aliphatic heterocycles. The highest BCUT2D eigenvalue weighted by molar-refractivity contribution is 5.89. The van der Waals surface area contributed by atoms with Crippen molar-refractivity contribution < 1.29 is 27.9 Å². The van der Waals surface area contributed by atoms with Crippen molar-refractivity contribution in [3.8, 4) is 11.4 Å². The van der Waals surface area contributed by atoms with Gasteiger partial charge in [0.05, 0.1) is 17.0 Å². The Bertz CT molecular complexity index is 1180. The molecule has 180 valence electrons. The average Bonchev–Trinajstić information content (AvgIpc) is 3.21. The molecule has 0 unspecified atom stereocenters. The van der Waals surface area contributed by atoms with E-state index in [0.717, 1.165) is 13.1 Å². The van der Waals surface area contributed by atoms with E-state index in [1.54, 1.807) is 13.1 Å². The summed E-state index contributed by atoms with van der Waals surface area (Å²) in [5.41, 5.74) is 1.07. The van der Waals surface area contributed by atoms with E-state index >= 15 is 0 Å². The summed E-state index contributed by atoms with van der Waals surface area (Å²) in [6, 6.07) is 7.07. The number of halogens is 3. The van der Waals surface area contributed by atoms with Crippen molar-refractivity contribution in [1.29, 1.82) is 0 Å². The zero-order chi connectivity index (χ0) is 24.4. The summed E-state index contributed by atoms with van der Waals surface area (Å²) >= 11 is 0. The van der Waals surface area contributed by atoms with E-state index in [9.17, 15) is 23.1 Å². The van der Waals surface area contributed by atoms with Gasteiger partial charge in [-0.15, -0.1) is 0 Å². The van der Waals surface area contributed by atoms with Crippen molar-refractivity contribution in [2.24, 2.45) is 7.05 Å².